The molecule has 27 heavy (non-hydrogen) atoms. The van der Waals surface area contributed by atoms with Gasteiger partial charge in [0.05, 0.1) is 6.04 Å². The Hall–Kier alpha value is -2.89. The summed E-state index contributed by atoms with van der Waals surface area (Å²) >= 11 is 0. The third-order valence-corrected chi connectivity index (χ3v) is 5.07. The molecule has 1 heterocycles. The highest BCUT2D eigenvalue weighted by atomic mass is 19.1. The minimum absolute atomic E-state index is 0.0422. The molecule has 2 N–H and O–H groups in total. The first-order valence-electron chi connectivity index (χ1n) is 9.14. The molecule has 0 saturated heterocycles. The lowest BCUT2D eigenvalue weighted by Gasteiger charge is -2.35. The van der Waals surface area contributed by atoms with Crippen molar-refractivity contribution in [1.82, 2.24) is 10.2 Å². The SMILES string of the molecule is CNC(=O)CCc1ccccc1NC(=O)N1CCc2ccc(F)cc2[C@H]1C. The summed E-state index contributed by atoms with van der Waals surface area (Å²) in [5.41, 5.74) is 3.54. The lowest BCUT2D eigenvalue weighted by Crippen LogP contribution is -2.41. The quantitative estimate of drug-likeness (QED) is 0.864. The lowest BCUT2D eigenvalue weighted by molar-refractivity contribution is -0.120. The third kappa shape index (κ3) is 4.27. The van der Waals surface area contributed by atoms with Crippen LogP contribution in [0.15, 0.2) is 42.5 Å². The zero-order chi connectivity index (χ0) is 19.4. The van der Waals surface area contributed by atoms with Gasteiger partial charge in [0.15, 0.2) is 0 Å². The number of nitrogens with zero attached hydrogens (tertiary/aromatic N) is 1. The number of halogens is 1. The number of para-hydroxylation sites is 1. The maximum Gasteiger partial charge on any atom is 0.322 e. The Kier molecular flexibility index (Phi) is 5.74. The number of urea groups is 1. The number of fused-ring (bicyclic) bond motifs is 1. The zero-order valence-corrected chi connectivity index (χ0v) is 15.6. The Bertz CT molecular complexity index is 853. The molecule has 5 nitrogen and oxygen atoms in total. The van der Waals surface area contributed by atoms with E-state index in [0.717, 1.165) is 16.7 Å². The van der Waals surface area contributed by atoms with Gasteiger partial charge in [-0.25, -0.2) is 9.18 Å². The van der Waals surface area contributed by atoms with Crippen molar-refractivity contribution in [3.63, 3.8) is 0 Å². The second-order valence-corrected chi connectivity index (χ2v) is 6.72. The van der Waals surface area contributed by atoms with Gasteiger partial charge in [-0.1, -0.05) is 24.3 Å². The molecule has 0 radical (unpaired) electrons. The van der Waals surface area contributed by atoms with Gasteiger partial charge in [0, 0.05) is 25.7 Å². The fourth-order valence-corrected chi connectivity index (χ4v) is 3.48. The number of carbonyl (C=O) groups excluding carboxylic acids is 2. The second-order valence-electron chi connectivity index (χ2n) is 6.72. The van der Waals surface area contributed by atoms with Gasteiger partial charge in [-0.05, 0) is 54.7 Å². The molecule has 1 aliphatic heterocycles. The maximum atomic E-state index is 13.6. The van der Waals surface area contributed by atoms with Crippen LogP contribution in [0.25, 0.3) is 0 Å². The van der Waals surface area contributed by atoms with Crippen LogP contribution in [0.4, 0.5) is 14.9 Å². The number of hydrogen-bond donors (Lipinski definition) is 2. The number of carbonyl (C=O) groups is 2. The summed E-state index contributed by atoms with van der Waals surface area (Å²) < 4.78 is 13.6. The normalized spacial score (nSPS) is 15.8. The van der Waals surface area contributed by atoms with E-state index in [9.17, 15) is 14.0 Å². The molecule has 0 fully saturated rings. The van der Waals surface area contributed by atoms with Crippen molar-refractivity contribution < 1.29 is 14.0 Å². The molecule has 0 unspecified atom stereocenters. The average molecular weight is 369 g/mol. The fourth-order valence-electron chi connectivity index (χ4n) is 3.48. The predicted octanol–water partition coefficient (Wildman–Crippen LogP) is 3.66. The van der Waals surface area contributed by atoms with Gasteiger partial charge in [-0.2, -0.15) is 0 Å². The van der Waals surface area contributed by atoms with Crippen LogP contribution in [0.2, 0.25) is 0 Å². The Morgan fingerprint density at radius 2 is 2.00 bits per heavy atom. The van der Waals surface area contributed by atoms with Gasteiger partial charge in [0.1, 0.15) is 5.82 Å². The van der Waals surface area contributed by atoms with Crippen molar-refractivity contribution in [2.24, 2.45) is 0 Å². The molecule has 142 valence electrons. The molecule has 0 saturated carbocycles. The van der Waals surface area contributed by atoms with Crippen molar-refractivity contribution in [3.8, 4) is 0 Å². The highest BCUT2D eigenvalue weighted by molar-refractivity contribution is 5.90. The molecule has 0 aliphatic carbocycles. The molecule has 6 heteroatoms. The highest BCUT2D eigenvalue weighted by Crippen LogP contribution is 2.30. The van der Waals surface area contributed by atoms with Crippen molar-refractivity contribution in [1.29, 1.82) is 0 Å². The van der Waals surface area contributed by atoms with Gasteiger partial charge in [0.25, 0.3) is 0 Å². The number of amides is 3. The molecule has 0 aromatic heterocycles. The van der Waals surface area contributed by atoms with Crippen LogP contribution in [0.3, 0.4) is 0 Å². The Balaban J connectivity index is 1.73. The number of nitrogens with one attached hydrogen (secondary N) is 2. The first kappa shape index (κ1) is 18.9. The molecule has 1 atom stereocenters. The van der Waals surface area contributed by atoms with Crippen molar-refractivity contribution in [3.05, 3.63) is 65.0 Å². The zero-order valence-electron chi connectivity index (χ0n) is 15.6. The number of rotatable bonds is 4. The van der Waals surface area contributed by atoms with Gasteiger partial charge < -0.3 is 15.5 Å². The first-order valence-corrected chi connectivity index (χ1v) is 9.14. The van der Waals surface area contributed by atoms with Crippen LogP contribution in [-0.2, 0) is 17.6 Å². The van der Waals surface area contributed by atoms with Gasteiger partial charge in [-0.3, -0.25) is 4.79 Å². The first-order chi connectivity index (χ1) is 13.0. The highest BCUT2D eigenvalue weighted by Gasteiger charge is 2.28. The minimum Gasteiger partial charge on any atom is -0.359 e. The Morgan fingerprint density at radius 1 is 1.22 bits per heavy atom. The van der Waals surface area contributed by atoms with E-state index in [0.29, 0.717) is 31.5 Å². The van der Waals surface area contributed by atoms with E-state index in [1.807, 2.05) is 31.2 Å². The van der Waals surface area contributed by atoms with Crippen molar-refractivity contribution >= 4 is 17.6 Å². The fraction of sp³-hybridized carbons (Fsp3) is 0.333. The van der Waals surface area contributed by atoms with Crippen molar-refractivity contribution in [2.75, 3.05) is 18.9 Å². The standard InChI is InChI=1S/C21H24FN3O2/c1-14-18-13-17(22)9-7-15(18)11-12-25(14)21(27)24-19-6-4-3-5-16(19)8-10-20(26)23-2/h3-7,9,13-14H,8,10-12H2,1-2H3,(H,23,26)(H,24,27)/t14-/m1/s1. The molecular weight excluding hydrogens is 345 g/mol. The number of hydrogen-bond acceptors (Lipinski definition) is 2. The topological polar surface area (TPSA) is 61.4 Å². The minimum atomic E-state index is -0.289. The molecular formula is C21H24FN3O2. The molecule has 3 amide bonds. The van der Waals surface area contributed by atoms with Crippen molar-refractivity contribution in [2.45, 2.75) is 32.2 Å². The van der Waals surface area contributed by atoms with Crippen LogP contribution < -0.4 is 10.6 Å². The Labute approximate surface area is 158 Å². The third-order valence-electron chi connectivity index (χ3n) is 5.07. The summed E-state index contributed by atoms with van der Waals surface area (Å²) in [7, 11) is 1.61. The predicted molar refractivity (Wildman–Crippen MR) is 103 cm³/mol. The van der Waals surface area contributed by atoms with Crippen LogP contribution in [0.1, 0.15) is 36.1 Å². The monoisotopic (exact) mass is 369 g/mol. The van der Waals surface area contributed by atoms with E-state index in [1.165, 1.54) is 12.1 Å². The Morgan fingerprint density at radius 3 is 2.78 bits per heavy atom. The van der Waals surface area contributed by atoms with Gasteiger partial charge >= 0.3 is 6.03 Å². The molecule has 0 spiro atoms. The smallest absolute Gasteiger partial charge is 0.322 e. The van der Waals surface area contributed by atoms with Crippen LogP contribution >= 0.6 is 0 Å². The molecule has 3 rings (SSSR count). The molecule has 2 aromatic carbocycles. The maximum absolute atomic E-state index is 13.6. The van der Waals surface area contributed by atoms with Gasteiger partial charge in [-0.15, -0.1) is 0 Å². The summed E-state index contributed by atoms with van der Waals surface area (Å²) in [5.74, 6) is -0.332. The summed E-state index contributed by atoms with van der Waals surface area (Å²) in [5, 5.41) is 5.56. The van der Waals surface area contributed by atoms with E-state index >= 15 is 0 Å². The summed E-state index contributed by atoms with van der Waals surface area (Å²) in [6, 6.07) is 11.8. The number of anilines is 1. The van der Waals surface area contributed by atoms with Crippen LogP contribution in [0, 0.1) is 5.82 Å². The lowest BCUT2D eigenvalue weighted by atomic mass is 9.93. The van der Waals surface area contributed by atoms with Crippen LogP contribution in [-0.4, -0.2) is 30.4 Å². The average Bonchev–Trinajstić information content (AvgIpc) is 2.67. The molecule has 2 aromatic rings. The van der Waals surface area contributed by atoms with E-state index in [2.05, 4.69) is 10.6 Å². The van der Waals surface area contributed by atoms with E-state index in [1.54, 1.807) is 18.0 Å². The summed E-state index contributed by atoms with van der Waals surface area (Å²) in [6.07, 6.45) is 1.60. The number of benzene rings is 2. The summed E-state index contributed by atoms with van der Waals surface area (Å²) in [4.78, 5) is 26.1. The largest absolute Gasteiger partial charge is 0.359 e. The molecule has 1 aliphatic rings. The second kappa shape index (κ2) is 8.20. The van der Waals surface area contributed by atoms with Crippen LogP contribution in [0.5, 0.6) is 0 Å². The van der Waals surface area contributed by atoms with E-state index < -0.39 is 0 Å². The van der Waals surface area contributed by atoms with E-state index in [-0.39, 0.29) is 23.8 Å². The number of aryl methyl sites for hydroxylation is 1. The summed E-state index contributed by atoms with van der Waals surface area (Å²) in [6.45, 7) is 2.49. The van der Waals surface area contributed by atoms with Gasteiger partial charge in [0.2, 0.25) is 5.91 Å². The molecule has 0 bridgehead atoms. The van der Waals surface area contributed by atoms with E-state index in [4.69, 9.17) is 0 Å².